The van der Waals surface area contributed by atoms with Crippen molar-refractivity contribution in [2.24, 2.45) is 0 Å². The standard InChI is InChI=1S/C26H25FN4O5S/c1-17-28-29-26(31(17)21-9-11-22(34-2)12-10-21)37-25(15-30(32)33)19-6-13-23(24(14-19)35-3)36-16-18-4-7-20(27)8-5-18/h4-14,25H,15-16H2,1-3H3/t25-/m0/s1. The highest BCUT2D eigenvalue weighted by Gasteiger charge is 2.25. The predicted molar refractivity (Wildman–Crippen MR) is 137 cm³/mol. The molecule has 11 heteroatoms. The molecule has 9 nitrogen and oxygen atoms in total. The van der Waals surface area contributed by atoms with Gasteiger partial charge in [-0.25, -0.2) is 4.39 Å². The van der Waals surface area contributed by atoms with Crippen LogP contribution >= 0.6 is 11.8 Å². The molecule has 4 aromatic rings. The van der Waals surface area contributed by atoms with Gasteiger partial charge < -0.3 is 14.2 Å². The molecule has 1 atom stereocenters. The zero-order valence-electron chi connectivity index (χ0n) is 20.5. The van der Waals surface area contributed by atoms with Gasteiger partial charge in [-0.2, -0.15) is 0 Å². The first-order valence-corrected chi connectivity index (χ1v) is 12.2. The van der Waals surface area contributed by atoms with Crippen LogP contribution in [0.1, 0.15) is 22.2 Å². The molecule has 192 valence electrons. The van der Waals surface area contributed by atoms with E-state index < -0.39 is 5.25 Å². The van der Waals surface area contributed by atoms with Crippen LogP contribution in [0, 0.1) is 22.9 Å². The summed E-state index contributed by atoms with van der Waals surface area (Å²) in [6, 6.07) is 18.6. The molecule has 0 saturated carbocycles. The molecule has 0 amide bonds. The minimum Gasteiger partial charge on any atom is -0.497 e. The van der Waals surface area contributed by atoms with E-state index in [1.807, 2.05) is 35.8 Å². The number of nitro groups is 1. The van der Waals surface area contributed by atoms with Crippen molar-refractivity contribution in [1.82, 2.24) is 14.8 Å². The van der Waals surface area contributed by atoms with Crippen LogP contribution in [0.15, 0.2) is 71.9 Å². The molecule has 0 radical (unpaired) electrons. The molecule has 37 heavy (non-hydrogen) atoms. The Labute approximate surface area is 217 Å². The van der Waals surface area contributed by atoms with Gasteiger partial charge in [0.1, 0.15) is 29.2 Å². The van der Waals surface area contributed by atoms with Gasteiger partial charge in [0.25, 0.3) is 0 Å². The van der Waals surface area contributed by atoms with Crippen molar-refractivity contribution >= 4 is 11.8 Å². The highest BCUT2D eigenvalue weighted by molar-refractivity contribution is 7.99. The van der Waals surface area contributed by atoms with Crippen LogP contribution < -0.4 is 14.2 Å². The van der Waals surface area contributed by atoms with E-state index >= 15 is 0 Å². The van der Waals surface area contributed by atoms with E-state index in [-0.39, 0.29) is 23.9 Å². The highest BCUT2D eigenvalue weighted by atomic mass is 32.2. The van der Waals surface area contributed by atoms with Crippen molar-refractivity contribution in [2.75, 3.05) is 20.8 Å². The van der Waals surface area contributed by atoms with Gasteiger partial charge in [0.2, 0.25) is 6.54 Å². The van der Waals surface area contributed by atoms with Crippen LogP contribution in [-0.2, 0) is 6.61 Å². The van der Waals surface area contributed by atoms with Crippen molar-refractivity contribution in [2.45, 2.75) is 23.9 Å². The fourth-order valence-corrected chi connectivity index (χ4v) is 4.83. The molecular formula is C26H25FN4O5S. The Bertz CT molecular complexity index is 1360. The van der Waals surface area contributed by atoms with Gasteiger partial charge in [-0.3, -0.25) is 14.7 Å². The first-order chi connectivity index (χ1) is 17.9. The molecule has 0 fully saturated rings. The van der Waals surface area contributed by atoms with Crippen molar-refractivity contribution in [3.63, 3.8) is 0 Å². The Morgan fingerprint density at radius 3 is 2.38 bits per heavy atom. The summed E-state index contributed by atoms with van der Waals surface area (Å²) in [5, 5.41) is 20.0. The highest BCUT2D eigenvalue weighted by Crippen LogP contribution is 2.39. The van der Waals surface area contributed by atoms with E-state index in [1.54, 1.807) is 37.4 Å². The second kappa shape index (κ2) is 11.7. The van der Waals surface area contributed by atoms with E-state index in [1.165, 1.54) is 31.0 Å². The molecule has 3 aromatic carbocycles. The summed E-state index contributed by atoms with van der Waals surface area (Å²) >= 11 is 1.24. The summed E-state index contributed by atoms with van der Waals surface area (Å²) in [5.41, 5.74) is 2.28. The summed E-state index contributed by atoms with van der Waals surface area (Å²) in [7, 11) is 3.10. The number of nitrogens with zero attached hydrogens (tertiary/aromatic N) is 4. The summed E-state index contributed by atoms with van der Waals surface area (Å²) in [6.45, 7) is 1.70. The quantitative estimate of drug-likeness (QED) is 0.146. The van der Waals surface area contributed by atoms with Crippen LogP contribution in [0.4, 0.5) is 4.39 Å². The Balaban J connectivity index is 1.59. The average Bonchev–Trinajstić information content (AvgIpc) is 3.27. The maximum absolute atomic E-state index is 13.2. The minimum atomic E-state index is -0.573. The summed E-state index contributed by atoms with van der Waals surface area (Å²) in [5.74, 6) is 1.94. The zero-order chi connectivity index (χ0) is 26.4. The molecule has 0 aliphatic heterocycles. The zero-order valence-corrected chi connectivity index (χ0v) is 21.3. The number of halogens is 1. The molecular weight excluding hydrogens is 499 g/mol. The molecule has 0 bridgehead atoms. The normalized spacial score (nSPS) is 11.7. The molecule has 0 spiro atoms. The molecule has 1 aromatic heterocycles. The molecule has 1 heterocycles. The number of aromatic nitrogens is 3. The van der Waals surface area contributed by atoms with Gasteiger partial charge >= 0.3 is 0 Å². The second-order valence-electron chi connectivity index (χ2n) is 8.01. The van der Waals surface area contributed by atoms with Gasteiger partial charge in [-0.1, -0.05) is 30.0 Å². The Morgan fingerprint density at radius 2 is 1.73 bits per heavy atom. The smallest absolute Gasteiger partial charge is 0.220 e. The van der Waals surface area contributed by atoms with E-state index in [0.29, 0.717) is 33.8 Å². The number of methoxy groups -OCH3 is 2. The number of thioether (sulfide) groups is 1. The van der Waals surface area contributed by atoms with Crippen LogP contribution in [-0.4, -0.2) is 40.5 Å². The first-order valence-electron chi connectivity index (χ1n) is 11.3. The first kappa shape index (κ1) is 26.0. The molecule has 0 aliphatic rings. The lowest BCUT2D eigenvalue weighted by molar-refractivity contribution is -0.479. The van der Waals surface area contributed by atoms with Crippen LogP contribution in [0.5, 0.6) is 17.2 Å². The van der Waals surface area contributed by atoms with Gasteiger partial charge in [-0.15, -0.1) is 10.2 Å². The average molecular weight is 525 g/mol. The lowest BCUT2D eigenvalue weighted by Crippen LogP contribution is -2.11. The molecule has 4 rings (SSSR count). The van der Waals surface area contributed by atoms with E-state index in [0.717, 1.165) is 11.3 Å². The van der Waals surface area contributed by atoms with E-state index in [2.05, 4.69) is 10.2 Å². The van der Waals surface area contributed by atoms with E-state index in [9.17, 15) is 14.5 Å². The second-order valence-corrected chi connectivity index (χ2v) is 9.18. The maximum atomic E-state index is 13.2. The van der Waals surface area contributed by atoms with Gasteiger partial charge in [-0.05, 0) is 66.6 Å². The number of hydrogen-bond acceptors (Lipinski definition) is 8. The monoisotopic (exact) mass is 524 g/mol. The predicted octanol–water partition coefficient (Wildman–Crippen LogP) is 5.42. The molecule has 0 N–H and O–H groups in total. The van der Waals surface area contributed by atoms with E-state index in [4.69, 9.17) is 14.2 Å². The number of benzene rings is 3. The largest absolute Gasteiger partial charge is 0.497 e. The topological polar surface area (TPSA) is 102 Å². The summed E-state index contributed by atoms with van der Waals surface area (Å²) < 4.78 is 31.6. The number of hydrogen-bond donors (Lipinski definition) is 0. The van der Waals surface area contributed by atoms with Crippen molar-refractivity contribution < 1.29 is 23.5 Å². The third-order valence-electron chi connectivity index (χ3n) is 5.56. The maximum Gasteiger partial charge on any atom is 0.220 e. The Morgan fingerprint density at radius 1 is 1.00 bits per heavy atom. The lowest BCUT2D eigenvalue weighted by Gasteiger charge is -2.17. The van der Waals surface area contributed by atoms with Crippen molar-refractivity contribution in [3.8, 4) is 22.9 Å². The van der Waals surface area contributed by atoms with Crippen molar-refractivity contribution in [1.29, 1.82) is 0 Å². The van der Waals surface area contributed by atoms with Gasteiger partial charge in [0.05, 0.1) is 14.2 Å². The van der Waals surface area contributed by atoms with Crippen molar-refractivity contribution in [3.05, 3.63) is 99.6 Å². The summed E-state index contributed by atoms with van der Waals surface area (Å²) in [4.78, 5) is 11.2. The van der Waals surface area contributed by atoms with Crippen LogP contribution in [0.3, 0.4) is 0 Å². The number of rotatable bonds is 11. The Kier molecular flexibility index (Phi) is 8.24. The Hall–Kier alpha value is -4.12. The number of ether oxygens (including phenoxy) is 3. The van der Waals surface area contributed by atoms with Gasteiger partial charge in [0, 0.05) is 10.6 Å². The molecule has 0 unspecified atom stereocenters. The van der Waals surface area contributed by atoms with Crippen LogP contribution in [0.25, 0.3) is 5.69 Å². The fourth-order valence-electron chi connectivity index (χ4n) is 3.67. The number of aryl methyl sites for hydroxylation is 1. The minimum absolute atomic E-state index is 0.216. The fraction of sp³-hybridized carbons (Fsp3) is 0.231. The van der Waals surface area contributed by atoms with Crippen LogP contribution in [0.2, 0.25) is 0 Å². The van der Waals surface area contributed by atoms with Gasteiger partial charge in [0.15, 0.2) is 16.7 Å². The molecule has 0 aliphatic carbocycles. The SMILES string of the molecule is COc1ccc(-n2c(C)nnc2S[C@@H](C[N+](=O)[O-])c2ccc(OCc3ccc(F)cc3)c(OC)c2)cc1. The third kappa shape index (κ3) is 6.36. The summed E-state index contributed by atoms with van der Waals surface area (Å²) in [6.07, 6.45) is 0. The third-order valence-corrected chi connectivity index (χ3v) is 6.74. The lowest BCUT2D eigenvalue weighted by atomic mass is 10.1. The molecule has 0 saturated heterocycles.